The van der Waals surface area contributed by atoms with Crippen LogP contribution in [0.1, 0.15) is 18.4 Å². The monoisotopic (exact) mass is 293 g/mol. The van der Waals surface area contributed by atoms with E-state index in [1.54, 1.807) is 12.1 Å². The maximum Gasteiger partial charge on any atom is 0.492 e. The van der Waals surface area contributed by atoms with Crippen LogP contribution >= 0.6 is 0 Å². The van der Waals surface area contributed by atoms with Crippen LogP contribution in [0.2, 0.25) is 0 Å². The lowest BCUT2D eigenvalue weighted by atomic mass is 9.78. The van der Waals surface area contributed by atoms with Gasteiger partial charge in [-0.25, -0.2) is 0 Å². The molecule has 21 heavy (non-hydrogen) atoms. The molecule has 0 bridgehead atoms. The zero-order valence-electron chi connectivity index (χ0n) is 12.8. The van der Waals surface area contributed by atoms with Gasteiger partial charge in [-0.05, 0) is 37.4 Å². The first-order chi connectivity index (χ1) is 10.1. The Labute approximate surface area is 126 Å². The number of hydrogen-bond acceptors (Lipinski definition) is 5. The molecule has 0 spiro atoms. The summed E-state index contributed by atoms with van der Waals surface area (Å²) in [7, 11) is 2.08. The summed E-state index contributed by atoms with van der Waals surface area (Å²) in [6.45, 7) is 3.48. The Bertz CT molecular complexity index is 449. The van der Waals surface area contributed by atoms with Gasteiger partial charge in [-0.2, -0.15) is 0 Å². The van der Waals surface area contributed by atoms with Crippen LogP contribution in [-0.2, 0) is 11.3 Å². The average Bonchev–Trinajstić information content (AvgIpc) is 2.48. The second kappa shape index (κ2) is 7.80. The van der Waals surface area contributed by atoms with Crippen LogP contribution in [0.15, 0.2) is 18.2 Å². The van der Waals surface area contributed by atoms with Crippen molar-refractivity contribution in [1.29, 1.82) is 0 Å². The average molecular weight is 293 g/mol. The zero-order valence-corrected chi connectivity index (χ0v) is 12.8. The van der Waals surface area contributed by atoms with Crippen LogP contribution in [0.3, 0.4) is 0 Å². The van der Waals surface area contributed by atoms with E-state index in [2.05, 4.69) is 11.9 Å². The molecule has 0 saturated carbocycles. The third kappa shape index (κ3) is 4.71. The number of ether oxygens (including phenoxy) is 2. The minimum Gasteiger partial charge on any atom is -0.497 e. The van der Waals surface area contributed by atoms with Gasteiger partial charge in [0.25, 0.3) is 0 Å². The molecule has 0 aliphatic carbocycles. The number of hydrogen-bond donors (Lipinski definition) is 2. The highest BCUT2D eigenvalue weighted by molar-refractivity contribution is 6.59. The van der Waals surface area contributed by atoms with Crippen LogP contribution in [0, 0.1) is 5.92 Å². The standard InChI is InChI=1S/C15H24BNO4/c1-17(10-13-4-3-7-21-11-13)9-12-5-6-15(20-2)14(8-12)16(18)19/h5-6,8,13,18-19H,3-4,7,9-11H2,1-2H3. The molecule has 5 nitrogen and oxygen atoms in total. The van der Waals surface area contributed by atoms with E-state index >= 15 is 0 Å². The molecule has 1 atom stereocenters. The van der Waals surface area contributed by atoms with Crippen molar-refractivity contribution in [3.8, 4) is 5.75 Å². The Balaban J connectivity index is 1.96. The zero-order chi connectivity index (χ0) is 15.2. The molecule has 1 fully saturated rings. The van der Waals surface area contributed by atoms with Gasteiger partial charge in [-0.1, -0.05) is 12.1 Å². The van der Waals surface area contributed by atoms with E-state index < -0.39 is 7.12 Å². The third-order valence-electron chi connectivity index (χ3n) is 3.85. The molecular weight excluding hydrogens is 269 g/mol. The molecule has 1 aliphatic rings. The van der Waals surface area contributed by atoms with Gasteiger partial charge in [0.15, 0.2) is 0 Å². The lowest BCUT2D eigenvalue weighted by Crippen LogP contribution is -2.33. The van der Waals surface area contributed by atoms with Gasteiger partial charge in [-0.15, -0.1) is 0 Å². The van der Waals surface area contributed by atoms with Gasteiger partial charge >= 0.3 is 7.12 Å². The molecule has 0 amide bonds. The predicted molar refractivity (Wildman–Crippen MR) is 82.7 cm³/mol. The molecule has 116 valence electrons. The van der Waals surface area contributed by atoms with E-state index in [1.807, 2.05) is 6.07 Å². The Kier molecular flexibility index (Phi) is 6.05. The fourth-order valence-corrected chi connectivity index (χ4v) is 2.85. The Morgan fingerprint density at radius 2 is 2.24 bits per heavy atom. The van der Waals surface area contributed by atoms with Gasteiger partial charge < -0.3 is 24.4 Å². The van der Waals surface area contributed by atoms with Crippen molar-refractivity contribution >= 4 is 12.6 Å². The highest BCUT2D eigenvalue weighted by atomic mass is 16.5. The molecule has 0 aromatic heterocycles. The molecule has 1 unspecified atom stereocenters. The maximum absolute atomic E-state index is 9.40. The highest BCUT2D eigenvalue weighted by Gasteiger charge is 2.19. The largest absolute Gasteiger partial charge is 0.497 e. The molecule has 1 aromatic carbocycles. The molecule has 2 N–H and O–H groups in total. The van der Waals surface area contributed by atoms with Gasteiger partial charge in [0, 0.05) is 25.2 Å². The molecule has 2 rings (SSSR count). The first-order valence-corrected chi connectivity index (χ1v) is 7.39. The second-order valence-corrected chi connectivity index (χ2v) is 5.73. The Hall–Kier alpha value is -1.08. The summed E-state index contributed by atoms with van der Waals surface area (Å²) in [6.07, 6.45) is 2.36. The fraction of sp³-hybridized carbons (Fsp3) is 0.600. The van der Waals surface area contributed by atoms with Crippen molar-refractivity contribution in [3.63, 3.8) is 0 Å². The van der Waals surface area contributed by atoms with Gasteiger partial charge in [0.05, 0.1) is 13.7 Å². The summed E-state index contributed by atoms with van der Waals surface area (Å²) in [4.78, 5) is 2.24. The predicted octanol–water partition coefficient (Wildman–Crippen LogP) is 0.233. The van der Waals surface area contributed by atoms with Crippen LogP contribution in [-0.4, -0.2) is 56.0 Å². The van der Waals surface area contributed by atoms with Gasteiger partial charge in [0.2, 0.25) is 0 Å². The van der Waals surface area contributed by atoms with E-state index in [0.717, 1.165) is 38.3 Å². The van der Waals surface area contributed by atoms with Crippen molar-refractivity contribution in [2.45, 2.75) is 19.4 Å². The van der Waals surface area contributed by atoms with Crippen LogP contribution in [0.25, 0.3) is 0 Å². The molecule has 1 aromatic rings. The smallest absolute Gasteiger partial charge is 0.492 e. The van der Waals surface area contributed by atoms with E-state index in [0.29, 0.717) is 17.1 Å². The molecule has 1 aliphatic heterocycles. The van der Waals surface area contributed by atoms with E-state index in [4.69, 9.17) is 9.47 Å². The van der Waals surface area contributed by atoms with Gasteiger partial charge in [-0.3, -0.25) is 0 Å². The quantitative estimate of drug-likeness (QED) is 0.735. The first-order valence-electron chi connectivity index (χ1n) is 7.39. The third-order valence-corrected chi connectivity index (χ3v) is 3.85. The lowest BCUT2D eigenvalue weighted by molar-refractivity contribution is 0.0411. The SMILES string of the molecule is COc1ccc(CN(C)CC2CCCOC2)cc1B(O)O. The molecule has 1 heterocycles. The van der Waals surface area contributed by atoms with E-state index in [9.17, 15) is 10.0 Å². The van der Waals surface area contributed by atoms with Crippen molar-refractivity contribution in [3.05, 3.63) is 23.8 Å². The number of benzene rings is 1. The topological polar surface area (TPSA) is 62.2 Å². The lowest BCUT2D eigenvalue weighted by Gasteiger charge is -2.27. The minimum atomic E-state index is -1.52. The number of rotatable bonds is 6. The normalized spacial score (nSPS) is 18.8. The van der Waals surface area contributed by atoms with E-state index in [-0.39, 0.29) is 0 Å². The summed E-state index contributed by atoms with van der Waals surface area (Å²) in [6, 6.07) is 5.53. The van der Waals surface area contributed by atoms with Gasteiger partial charge in [0.1, 0.15) is 5.75 Å². The summed E-state index contributed by atoms with van der Waals surface area (Å²) in [5.41, 5.74) is 1.45. The first kappa shape index (κ1) is 16.3. The van der Waals surface area contributed by atoms with Crippen molar-refractivity contribution in [2.24, 2.45) is 5.92 Å². The summed E-state index contributed by atoms with van der Waals surface area (Å²) >= 11 is 0. The summed E-state index contributed by atoms with van der Waals surface area (Å²) in [5.74, 6) is 1.09. The maximum atomic E-state index is 9.40. The Morgan fingerprint density at radius 3 is 2.86 bits per heavy atom. The summed E-state index contributed by atoms with van der Waals surface area (Å²) < 4.78 is 10.6. The van der Waals surface area contributed by atoms with E-state index in [1.165, 1.54) is 13.5 Å². The Morgan fingerprint density at radius 1 is 1.43 bits per heavy atom. The molecular formula is C15H24BNO4. The van der Waals surface area contributed by atoms with Crippen LogP contribution in [0.4, 0.5) is 0 Å². The molecule has 0 radical (unpaired) electrons. The van der Waals surface area contributed by atoms with Crippen molar-refractivity contribution in [1.82, 2.24) is 4.90 Å². The van der Waals surface area contributed by atoms with Crippen molar-refractivity contribution < 1.29 is 19.5 Å². The number of nitrogens with zero attached hydrogens (tertiary/aromatic N) is 1. The molecule has 1 saturated heterocycles. The molecule has 6 heteroatoms. The van der Waals surface area contributed by atoms with Crippen LogP contribution < -0.4 is 10.2 Å². The highest BCUT2D eigenvalue weighted by Crippen LogP contribution is 2.16. The second-order valence-electron chi connectivity index (χ2n) is 5.73. The van der Waals surface area contributed by atoms with Crippen LogP contribution in [0.5, 0.6) is 5.75 Å². The summed E-state index contributed by atoms with van der Waals surface area (Å²) in [5, 5.41) is 18.8. The van der Waals surface area contributed by atoms with Crippen molar-refractivity contribution in [2.75, 3.05) is 33.9 Å². The minimum absolute atomic E-state index is 0.407. The fourth-order valence-electron chi connectivity index (χ4n) is 2.85. The number of methoxy groups -OCH3 is 1.